The number of hydroxylamine groups is 2. The molecule has 0 radical (unpaired) electrons. The Morgan fingerprint density at radius 1 is 1.24 bits per heavy atom. The molecule has 2 atom stereocenters. The standard InChI is InChI=1S/C23H40N8O3/c1-4-5-6-7-18(14-30(34)16-32)22(33)27-28-23-25-15-24-21(26-23)17(2)31(19-8-9-19)20-10-12-29(3)13-11-20/h15-20,34H,4-14H2,1-3H3,(H,27,33)(H,24,25,26,28)/t17-,18-/m1/s1. The number of piperidine rings is 1. The van der Waals surface area contributed by atoms with Crippen LogP contribution in [0.3, 0.4) is 0 Å². The molecule has 0 unspecified atom stereocenters. The fourth-order valence-corrected chi connectivity index (χ4v) is 4.73. The van der Waals surface area contributed by atoms with E-state index in [1.54, 1.807) is 0 Å². The topological polar surface area (TPSA) is 127 Å². The van der Waals surface area contributed by atoms with E-state index in [1.807, 2.05) is 0 Å². The minimum atomic E-state index is -0.538. The average molecular weight is 477 g/mol. The number of nitrogens with one attached hydrogen (secondary N) is 2. The fourth-order valence-electron chi connectivity index (χ4n) is 4.73. The van der Waals surface area contributed by atoms with Crippen LogP contribution in [0.2, 0.25) is 0 Å². The van der Waals surface area contributed by atoms with E-state index in [2.05, 4.69) is 56.5 Å². The first-order valence-corrected chi connectivity index (χ1v) is 12.5. The molecule has 2 fully saturated rings. The van der Waals surface area contributed by atoms with Crippen molar-refractivity contribution < 1.29 is 14.8 Å². The molecule has 1 aromatic heterocycles. The second kappa shape index (κ2) is 12.9. The molecule has 2 amide bonds. The second-order valence-electron chi connectivity index (χ2n) is 9.59. The summed E-state index contributed by atoms with van der Waals surface area (Å²) in [4.78, 5) is 41.6. The summed E-state index contributed by atoms with van der Waals surface area (Å²) in [6.45, 7) is 6.37. The number of hydrazine groups is 1. The van der Waals surface area contributed by atoms with E-state index in [-0.39, 0.29) is 24.4 Å². The van der Waals surface area contributed by atoms with Gasteiger partial charge in [0.2, 0.25) is 18.3 Å². The molecular weight excluding hydrogens is 436 g/mol. The first kappa shape index (κ1) is 26.2. The van der Waals surface area contributed by atoms with Crippen LogP contribution in [0.4, 0.5) is 5.95 Å². The van der Waals surface area contributed by atoms with Crippen molar-refractivity contribution in [3.63, 3.8) is 0 Å². The molecule has 0 spiro atoms. The minimum Gasteiger partial charge on any atom is -0.306 e. The molecule has 11 nitrogen and oxygen atoms in total. The largest absolute Gasteiger partial charge is 0.306 e. The number of carbonyl (C=O) groups excluding carboxylic acids is 2. The van der Waals surface area contributed by atoms with Crippen LogP contribution in [0, 0.1) is 5.92 Å². The van der Waals surface area contributed by atoms with Crippen LogP contribution in [0.5, 0.6) is 0 Å². The van der Waals surface area contributed by atoms with Gasteiger partial charge in [0.15, 0.2) is 5.82 Å². The lowest BCUT2D eigenvalue weighted by atomic mass is 10.0. The van der Waals surface area contributed by atoms with E-state index in [0.717, 1.165) is 45.2 Å². The fraction of sp³-hybridized carbons (Fsp3) is 0.783. The Morgan fingerprint density at radius 2 is 1.94 bits per heavy atom. The Balaban J connectivity index is 1.61. The van der Waals surface area contributed by atoms with E-state index in [1.165, 1.54) is 19.2 Å². The number of hydrogen-bond donors (Lipinski definition) is 3. The number of hydrogen-bond acceptors (Lipinski definition) is 9. The zero-order chi connectivity index (χ0) is 24.5. The molecule has 1 aromatic rings. The molecule has 11 heteroatoms. The third-order valence-corrected chi connectivity index (χ3v) is 6.84. The molecule has 3 rings (SSSR count). The Kier molecular flexibility index (Phi) is 9.97. The average Bonchev–Trinajstić information content (AvgIpc) is 3.68. The maximum atomic E-state index is 12.7. The zero-order valence-electron chi connectivity index (χ0n) is 20.7. The van der Waals surface area contributed by atoms with Gasteiger partial charge in [-0.15, -0.1) is 0 Å². The number of unbranched alkanes of at least 4 members (excludes halogenated alkanes) is 2. The van der Waals surface area contributed by atoms with Crippen molar-refractivity contribution in [3.05, 3.63) is 12.2 Å². The summed E-state index contributed by atoms with van der Waals surface area (Å²) < 4.78 is 0. The second-order valence-corrected chi connectivity index (χ2v) is 9.59. The molecular formula is C23H40N8O3. The van der Waals surface area contributed by atoms with E-state index >= 15 is 0 Å². The highest BCUT2D eigenvalue weighted by Gasteiger charge is 2.39. The van der Waals surface area contributed by atoms with Gasteiger partial charge in [-0.3, -0.25) is 30.5 Å². The SMILES string of the molecule is CCCCC[C@H](CN(O)C=O)C(=O)NNc1ncnc([C@@H](C)N(C2CC2)C2CCN(C)CC2)n1. The van der Waals surface area contributed by atoms with Gasteiger partial charge in [0, 0.05) is 12.1 Å². The summed E-state index contributed by atoms with van der Waals surface area (Å²) in [6.07, 6.45) is 9.89. The molecule has 190 valence electrons. The van der Waals surface area contributed by atoms with Crippen LogP contribution >= 0.6 is 0 Å². The zero-order valence-corrected chi connectivity index (χ0v) is 20.7. The summed E-state index contributed by atoms with van der Waals surface area (Å²) in [6, 6.07) is 1.16. The molecule has 0 bridgehead atoms. The summed E-state index contributed by atoms with van der Waals surface area (Å²) >= 11 is 0. The predicted molar refractivity (Wildman–Crippen MR) is 128 cm³/mol. The van der Waals surface area contributed by atoms with Gasteiger partial charge in [-0.25, -0.2) is 10.0 Å². The van der Waals surface area contributed by atoms with E-state index < -0.39 is 5.92 Å². The van der Waals surface area contributed by atoms with Crippen molar-refractivity contribution in [2.75, 3.05) is 32.1 Å². The molecule has 34 heavy (non-hydrogen) atoms. The van der Waals surface area contributed by atoms with Crippen LogP contribution in [-0.2, 0) is 9.59 Å². The number of carbonyl (C=O) groups is 2. The van der Waals surface area contributed by atoms with Crippen molar-refractivity contribution in [2.24, 2.45) is 5.92 Å². The molecule has 1 saturated heterocycles. The maximum Gasteiger partial charge on any atom is 0.245 e. The van der Waals surface area contributed by atoms with Gasteiger partial charge in [-0.1, -0.05) is 26.2 Å². The molecule has 3 N–H and O–H groups in total. The van der Waals surface area contributed by atoms with Gasteiger partial charge in [0.05, 0.1) is 18.5 Å². The lowest BCUT2D eigenvalue weighted by Gasteiger charge is -2.40. The van der Waals surface area contributed by atoms with E-state index in [9.17, 15) is 14.8 Å². The number of aromatic nitrogens is 3. The van der Waals surface area contributed by atoms with Gasteiger partial charge in [-0.05, 0) is 59.2 Å². The first-order valence-electron chi connectivity index (χ1n) is 12.5. The highest BCUT2D eigenvalue weighted by molar-refractivity contribution is 5.80. The van der Waals surface area contributed by atoms with Crippen LogP contribution in [0.25, 0.3) is 0 Å². The van der Waals surface area contributed by atoms with Gasteiger partial charge in [0.25, 0.3) is 0 Å². The predicted octanol–water partition coefficient (Wildman–Crippen LogP) is 1.98. The smallest absolute Gasteiger partial charge is 0.245 e. The van der Waals surface area contributed by atoms with Crippen molar-refractivity contribution in [1.29, 1.82) is 0 Å². The minimum absolute atomic E-state index is 0.0532. The summed E-state index contributed by atoms with van der Waals surface area (Å²) in [7, 11) is 2.17. The van der Waals surface area contributed by atoms with Crippen LogP contribution in [0.1, 0.15) is 77.1 Å². The normalized spacial score (nSPS) is 19.0. The Labute approximate surface area is 202 Å². The Hall–Kier alpha value is -2.37. The number of nitrogens with zero attached hydrogens (tertiary/aromatic N) is 6. The van der Waals surface area contributed by atoms with Gasteiger partial charge in [0.1, 0.15) is 6.33 Å². The van der Waals surface area contributed by atoms with Crippen LogP contribution < -0.4 is 10.9 Å². The van der Waals surface area contributed by atoms with Crippen molar-refractivity contribution in [3.8, 4) is 0 Å². The van der Waals surface area contributed by atoms with E-state index in [4.69, 9.17) is 0 Å². The highest BCUT2D eigenvalue weighted by Crippen LogP contribution is 2.37. The molecule has 2 heterocycles. The lowest BCUT2D eigenvalue weighted by molar-refractivity contribution is -0.154. The third-order valence-electron chi connectivity index (χ3n) is 6.84. The lowest BCUT2D eigenvalue weighted by Crippen LogP contribution is -2.46. The van der Waals surface area contributed by atoms with Gasteiger partial charge >= 0.3 is 0 Å². The van der Waals surface area contributed by atoms with E-state index in [0.29, 0.717) is 35.8 Å². The Morgan fingerprint density at radius 3 is 2.59 bits per heavy atom. The first-order chi connectivity index (χ1) is 16.4. The molecule has 1 aliphatic heterocycles. The van der Waals surface area contributed by atoms with Crippen LogP contribution in [0.15, 0.2) is 6.33 Å². The number of likely N-dealkylation sites (tertiary alicyclic amines) is 1. The highest BCUT2D eigenvalue weighted by atomic mass is 16.5. The van der Waals surface area contributed by atoms with Crippen LogP contribution in [-0.4, -0.2) is 86.1 Å². The maximum absolute atomic E-state index is 12.7. The third kappa shape index (κ3) is 7.57. The Bertz CT molecular complexity index is 785. The molecule has 1 saturated carbocycles. The van der Waals surface area contributed by atoms with Gasteiger partial charge < -0.3 is 4.90 Å². The van der Waals surface area contributed by atoms with Crippen molar-refractivity contribution >= 4 is 18.3 Å². The molecule has 1 aliphatic carbocycles. The van der Waals surface area contributed by atoms with Crippen molar-refractivity contribution in [1.82, 2.24) is 35.2 Å². The number of rotatable bonds is 14. The number of anilines is 1. The quantitative estimate of drug-likeness (QED) is 0.160. The summed E-state index contributed by atoms with van der Waals surface area (Å²) in [5.41, 5.74) is 5.44. The summed E-state index contributed by atoms with van der Waals surface area (Å²) in [5.74, 6) is 0.0923. The summed E-state index contributed by atoms with van der Waals surface area (Å²) in [5, 5.41) is 10.1. The monoisotopic (exact) mass is 476 g/mol. The molecule has 0 aromatic carbocycles. The molecule has 2 aliphatic rings. The van der Waals surface area contributed by atoms with Gasteiger partial charge in [-0.2, -0.15) is 9.97 Å². The number of amides is 2. The van der Waals surface area contributed by atoms with Crippen molar-refractivity contribution in [2.45, 2.75) is 83.3 Å².